The average Bonchev–Trinajstić information content (AvgIpc) is 2.64. The maximum atomic E-state index is 12.6. The largest absolute Gasteiger partial charge is 0.508 e. The van der Waals surface area contributed by atoms with Crippen LogP contribution in [0.5, 0.6) is 23.0 Å². The van der Waals surface area contributed by atoms with E-state index in [0.717, 1.165) is 0 Å². The summed E-state index contributed by atoms with van der Waals surface area (Å²) in [5.74, 6) is -1.61. The molecule has 3 N–H and O–H groups in total. The van der Waals surface area contributed by atoms with Crippen LogP contribution in [0.4, 0.5) is 0 Å². The molecule has 0 radical (unpaired) electrons. The molecule has 0 unspecified atom stereocenters. The van der Waals surface area contributed by atoms with Gasteiger partial charge in [-0.05, 0) is 24.3 Å². The Morgan fingerprint density at radius 3 is 2.43 bits per heavy atom. The van der Waals surface area contributed by atoms with Crippen LogP contribution in [-0.2, 0) is 11.8 Å². The number of ketones is 1. The van der Waals surface area contributed by atoms with Crippen molar-refractivity contribution in [2.24, 2.45) is 7.05 Å². The lowest BCUT2D eigenvalue weighted by Gasteiger charge is -2.13. The summed E-state index contributed by atoms with van der Waals surface area (Å²) in [5, 5.41) is 28.9. The summed E-state index contributed by atoms with van der Waals surface area (Å²) in [6, 6.07) is 10.7. The molecule has 0 aliphatic heterocycles. The van der Waals surface area contributed by atoms with Crippen LogP contribution in [0.25, 0.3) is 10.9 Å². The molecule has 0 atom stereocenters. The summed E-state index contributed by atoms with van der Waals surface area (Å²) < 4.78 is 6.85. The Labute approximate surface area is 158 Å². The predicted octanol–water partition coefficient (Wildman–Crippen LogP) is 2.79. The number of carboxylic acid groups (broad SMARTS) is 1. The molecule has 0 aliphatic rings. The fourth-order valence-corrected chi connectivity index (χ4v) is 2.85. The molecule has 144 valence electrons. The van der Waals surface area contributed by atoms with E-state index < -0.39 is 35.0 Å². The number of aliphatic carboxylic acids is 1. The van der Waals surface area contributed by atoms with Crippen LogP contribution >= 0.6 is 0 Å². The lowest BCUT2D eigenvalue weighted by molar-refractivity contribution is -0.136. The van der Waals surface area contributed by atoms with Gasteiger partial charge >= 0.3 is 5.97 Å². The van der Waals surface area contributed by atoms with E-state index >= 15 is 0 Å². The number of aromatic hydroxyl groups is 2. The molecule has 0 bridgehead atoms. The first-order valence-corrected chi connectivity index (χ1v) is 8.35. The Morgan fingerprint density at radius 2 is 1.75 bits per heavy atom. The Hall–Kier alpha value is -3.81. The number of benzene rings is 2. The Morgan fingerprint density at radius 1 is 1.04 bits per heavy atom. The molecule has 8 heteroatoms. The van der Waals surface area contributed by atoms with Gasteiger partial charge in [0, 0.05) is 31.0 Å². The molecule has 8 nitrogen and oxygen atoms in total. The molecule has 0 fully saturated rings. The molecule has 0 aliphatic carbocycles. The van der Waals surface area contributed by atoms with Crippen molar-refractivity contribution in [2.75, 3.05) is 0 Å². The number of rotatable bonds is 6. The van der Waals surface area contributed by atoms with Crippen molar-refractivity contribution in [3.8, 4) is 23.0 Å². The summed E-state index contributed by atoms with van der Waals surface area (Å²) in [6.45, 7) is 0. The molecule has 3 aromatic rings. The highest BCUT2D eigenvalue weighted by atomic mass is 16.5. The van der Waals surface area contributed by atoms with Crippen LogP contribution in [-0.4, -0.2) is 31.6 Å². The number of nitrogens with zero attached hydrogens (tertiary/aromatic N) is 1. The van der Waals surface area contributed by atoms with E-state index in [9.17, 15) is 24.6 Å². The van der Waals surface area contributed by atoms with Gasteiger partial charge in [0.1, 0.15) is 28.6 Å². The second-order valence-electron chi connectivity index (χ2n) is 6.18. The van der Waals surface area contributed by atoms with E-state index in [2.05, 4.69) is 0 Å². The fourth-order valence-electron chi connectivity index (χ4n) is 2.85. The minimum atomic E-state index is -1.17. The topological polar surface area (TPSA) is 126 Å². The second-order valence-corrected chi connectivity index (χ2v) is 6.18. The van der Waals surface area contributed by atoms with Crippen molar-refractivity contribution in [3.63, 3.8) is 0 Å². The first-order valence-electron chi connectivity index (χ1n) is 8.35. The normalized spacial score (nSPS) is 10.8. The molecule has 28 heavy (non-hydrogen) atoms. The van der Waals surface area contributed by atoms with E-state index in [-0.39, 0.29) is 17.6 Å². The highest BCUT2D eigenvalue weighted by Gasteiger charge is 2.22. The summed E-state index contributed by atoms with van der Waals surface area (Å²) in [5.41, 5.74) is -0.831. The van der Waals surface area contributed by atoms with Gasteiger partial charge in [0.2, 0.25) is 0 Å². The third-order valence-electron chi connectivity index (χ3n) is 4.24. The number of ether oxygens (including phenoxy) is 1. The number of carbonyl (C=O) groups is 2. The number of hydrogen-bond acceptors (Lipinski definition) is 6. The summed E-state index contributed by atoms with van der Waals surface area (Å²) >= 11 is 0. The number of phenols is 1. The maximum Gasteiger partial charge on any atom is 0.303 e. The van der Waals surface area contributed by atoms with E-state index in [1.807, 2.05) is 0 Å². The highest BCUT2D eigenvalue weighted by molar-refractivity contribution is 6.04. The lowest BCUT2D eigenvalue weighted by atomic mass is 10.0. The van der Waals surface area contributed by atoms with Gasteiger partial charge in [0.15, 0.2) is 5.78 Å². The monoisotopic (exact) mass is 383 g/mol. The zero-order chi connectivity index (χ0) is 20.4. The minimum Gasteiger partial charge on any atom is -0.508 e. The first kappa shape index (κ1) is 19.0. The molecule has 0 amide bonds. The summed E-state index contributed by atoms with van der Waals surface area (Å²) in [7, 11) is 1.44. The Bertz CT molecular complexity index is 1150. The van der Waals surface area contributed by atoms with Crippen molar-refractivity contribution in [3.05, 3.63) is 58.4 Å². The number of aromatic nitrogens is 1. The third kappa shape index (κ3) is 3.66. The van der Waals surface area contributed by atoms with Crippen LogP contribution in [0, 0.1) is 0 Å². The molecule has 1 aromatic heterocycles. The van der Waals surface area contributed by atoms with Crippen LogP contribution in [0.2, 0.25) is 0 Å². The number of carbonyl (C=O) groups excluding carboxylic acids is 1. The number of fused-ring (bicyclic) bond motifs is 1. The van der Waals surface area contributed by atoms with Gasteiger partial charge in [-0.3, -0.25) is 14.4 Å². The number of hydrogen-bond donors (Lipinski definition) is 3. The minimum absolute atomic E-state index is 0.0350. The van der Waals surface area contributed by atoms with Crippen molar-refractivity contribution in [1.82, 2.24) is 4.57 Å². The maximum absolute atomic E-state index is 12.6. The molecular weight excluding hydrogens is 366 g/mol. The number of Topliss-reactive ketones (excluding diaryl/α,β-unsaturated/α-hetero) is 1. The molecule has 3 rings (SSSR count). The van der Waals surface area contributed by atoms with Crippen LogP contribution in [0.3, 0.4) is 0 Å². The van der Waals surface area contributed by atoms with Gasteiger partial charge in [-0.25, -0.2) is 0 Å². The van der Waals surface area contributed by atoms with Crippen molar-refractivity contribution in [2.45, 2.75) is 12.8 Å². The SMILES string of the molecule is Cn1c(=O)c(C(=O)CCC(=O)O)c(O)c2ccc(Oc3cccc(O)c3)cc21. The summed E-state index contributed by atoms with van der Waals surface area (Å²) in [4.78, 5) is 35.5. The van der Waals surface area contributed by atoms with E-state index in [1.54, 1.807) is 18.2 Å². The molecule has 0 saturated carbocycles. The highest BCUT2D eigenvalue weighted by Crippen LogP contribution is 2.32. The van der Waals surface area contributed by atoms with Gasteiger partial charge in [0.25, 0.3) is 5.56 Å². The fraction of sp³-hybridized carbons (Fsp3) is 0.150. The second kappa shape index (κ2) is 7.43. The molecule has 0 spiro atoms. The van der Waals surface area contributed by atoms with Crippen LogP contribution < -0.4 is 10.3 Å². The molecule has 1 heterocycles. The zero-order valence-corrected chi connectivity index (χ0v) is 14.9. The molecule has 0 saturated heterocycles. The van der Waals surface area contributed by atoms with E-state index in [1.165, 1.54) is 35.9 Å². The van der Waals surface area contributed by atoms with Crippen molar-refractivity contribution >= 4 is 22.7 Å². The number of phenolic OH excluding ortho intramolecular Hbond substituents is 1. The van der Waals surface area contributed by atoms with E-state index in [0.29, 0.717) is 17.0 Å². The van der Waals surface area contributed by atoms with Crippen LogP contribution in [0.15, 0.2) is 47.3 Å². The van der Waals surface area contributed by atoms with E-state index in [4.69, 9.17) is 9.84 Å². The van der Waals surface area contributed by atoms with Gasteiger partial charge in [-0.1, -0.05) is 6.07 Å². The third-order valence-corrected chi connectivity index (χ3v) is 4.24. The number of pyridine rings is 1. The van der Waals surface area contributed by atoms with Gasteiger partial charge in [-0.2, -0.15) is 0 Å². The number of carboxylic acids is 1. The average molecular weight is 383 g/mol. The zero-order valence-electron chi connectivity index (χ0n) is 14.9. The van der Waals surface area contributed by atoms with Gasteiger partial charge < -0.3 is 24.6 Å². The van der Waals surface area contributed by atoms with Crippen molar-refractivity contribution in [1.29, 1.82) is 0 Å². The number of aryl methyl sites for hydroxylation is 1. The van der Waals surface area contributed by atoms with Crippen LogP contribution in [0.1, 0.15) is 23.2 Å². The Kier molecular flexibility index (Phi) is 5.04. The van der Waals surface area contributed by atoms with Gasteiger partial charge in [-0.15, -0.1) is 0 Å². The first-order chi connectivity index (χ1) is 13.3. The standard InChI is InChI=1S/C20H17NO7/c1-21-15-10-13(28-12-4-2-3-11(22)9-12)5-6-14(15)19(26)18(20(21)27)16(23)7-8-17(24)25/h2-6,9-10,22,26H,7-8H2,1H3,(H,24,25). The quantitative estimate of drug-likeness (QED) is 0.559. The molecule has 2 aromatic carbocycles. The van der Waals surface area contributed by atoms with Crippen molar-refractivity contribution < 1.29 is 29.6 Å². The Balaban J connectivity index is 2.04. The smallest absolute Gasteiger partial charge is 0.303 e. The molecular formula is C20H17NO7. The predicted molar refractivity (Wildman–Crippen MR) is 100 cm³/mol. The lowest BCUT2D eigenvalue weighted by Crippen LogP contribution is -2.25. The summed E-state index contributed by atoms with van der Waals surface area (Å²) in [6.07, 6.45) is -0.821. The van der Waals surface area contributed by atoms with Gasteiger partial charge in [0.05, 0.1) is 11.9 Å².